The molecule has 0 spiro atoms. The average molecular weight is 275 g/mol. The van der Waals surface area contributed by atoms with Gasteiger partial charge >= 0.3 is 0 Å². The molecule has 3 nitrogen and oxygen atoms in total. The molecule has 20 heavy (non-hydrogen) atoms. The summed E-state index contributed by atoms with van der Waals surface area (Å²) in [5.41, 5.74) is 2.77. The van der Waals surface area contributed by atoms with Crippen molar-refractivity contribution >= 4 is 0 Å². The molecule has 0 amide bonds. The van der Waals surface area contributed by atoms with Gasteiger partial charge in [0, 0.05) is 43.6 Å². The molecule has 0 saturated carbocycles. The zero-order valence-electron chi connectivity index (χ0n) is 13.6. The Morgan fingerprint density at radius 3 is 2.85 bits per heavy atom. The van der Waals surface area contributed by atoms with Gasteiger partial charge in [-0.1, -0.05) is 26.3 Å². The van der Waals surface area contributed by atoms with Gasteiger partial charge in [-0.25, -0.2) is 0 Å². The highest BCUT2D eigenvalue weighted by Crippen LogP contribution is 2.24. The first-order chi connectivity index (χ1) is 9.42. The maximum absolute atomic E-state index is 4.33. The van der Waals surface area contributed by atoms with E-state index in [-0.39, 0.29) is 5.54 Å². The smallest absolute Gasteiger partial charge is 0.0313 e. The summed E-state index contributed by atoms with van der Waals surface area (Å²) in [6.07, 6.45) is 5.16. The van der Waals surface area contributed by atoms with Crippen LogP contribution in [0.3, 0.4) is 0 Å². The lowest BCUT2D eigenvalue weighted by atomic mass is 9.90. The largest absolute Gasteiger partial charge is 0.311 e. The summed E-state index contributed by atoms with van der Waals surface area (Å²) in [7, 11) is 0. The molecule has 3 heteroatoms. The van der Waals surface area contributed by atoms with Crippen LogP contribution in [-0.4, -0.2) is 34.6 Å². The molecule has 112 valence electrons. The monoisotopic (exact) mass is 275 g/mol. The van der Waals surface area contributed by atoms with Crippen LogP contribution in [0.4, 0.5) is 0 Å². The molecule has 0 radical (unpaired) electrons. The summed E-state index contributed by atoms with van der Waals surface area (Å²) in [4.78, 5) is 6.93. The van der Waals surface area contributed by atoms with Crippen LogP contribution in [0.5, 0.6) is 0 Å². The molecule has 2 unspecified atom stereocenters. The first kappa shape index (κ1) is 15.5. The van der Waals surface area contributed by atoms with Crippen LogP contribution in [0.15, 0.2) is 18.5 Å². The van der Waals surface area contributed by atoms with Crippen LogP contribution in [0.2, 0.25) is 0 Å². The van der Waals surface area contributed by atoms with E-state index in [2.05, 4.69) is 55.9 Å². The first-order valence-electron chi connectivity index (χ1n) is 7.81. The van der Waals surface area contributed by atoms with Gasteiger partial charge in [0.15, 0.2) is 0 Å². The van der Waals surface area contributed by atoms with Crippen LogP contribution in [-0.2, 0) is 6.54 Å². The third kappa shape index (κ3) is 3.58. The van der Waals surface area contributed by atoms with Crippen LogP contribution in [0, 0.1) is 12.8 Å². The molecule has 1 aromatic heterocycles. The van der Waals surface area contributed by atoms with Gasteiger partial charge in [-0.2, -0.15) is 0 Å². The lowest BCUT2D eigenvalue weighted by molar-refractivity contribution is 0.0448. The van der Waals surface area contributed by atoms with Gasteiger partial charge in [-0.05, 0) is 37.8 Å². The fourth-order valence-electron chi connectivity index (χ4n) is 2.91. The Bertz CT molecular complexity index is 442. The summed E-state index contributed by atoms with van der Waals surface area (Å²) < 4.78 is 0. The fourth-order valence-corrected chi connectivity index (χ4v) is 2.91. The number of aryl methyl sites for hydroxylation is 1. The van der Waals surface area contributed by atoms with E-state index in [0.29, 0.717) is 6.04 Å². The lowest BCUT2D eigenvalue weighted by Gasteiger charge is -2.47. The molecule has 2 rings (SSSR count). The van der Waals surface area contributed by atoms with Gasteiger partial charge in [-0.15, -0.1) is 0 Å². The van der Waals surface area contributed by atoms with Crippen molar-refractivity contribution in [1.29, 1.82) is 0 Å². The van der Waals surface area contributed by atoms with Crippen molar-refractivity contribution in [3.63, 3.8) is 0 Å². The first-order valence-corrected chi connectivity index (χ1v) is 7.81. The average Bonchev–Trinajstić information content (AvgIpc) is 2.40. The molecule has 1 aliphatic heterocycles. The van der Waals surface area contributed by atoms with E-state index >= 15 is 0 Å². The summed E-state index contributed by atoms with van der Waals surface area (Å²) in [5.74, 6) is 0.726. The van der Waals surface area contributed by atoms with Crippen LogP contribution in [0.25, 0.3) is 0 Å². The van der Waals surface area contributed by atoms with Gasteiger partial charge in [0.05, 0.1) is 0 Å². The molecule has 2 atom stereocenters. The minimum atomic E-state index is 0.202. The third-order valence-corrected chi connectivity index (χ3v) is 4.71. The van der Waals surface area contributed by atoms with Gasteiger partial charge in [0.25, 0.3) is 0 Å². The van der Waals surface area contributed by atoms with Crippen molar-refractivity contribution < 1.29 is 0 Å². The second-order valence-electron chi connectivity index (χ2n) is 6.94. The second kappa shape index (κ2) is 6.23. The predicted molar refractivity (Wildman–Crippen MR) is 84.7 cm³/mol. The van der Waals surface area contributed by atoms with Crippen molar-refractivity contribution in [2.75, 3.05) is 13.1 Å². The number of pyridine rings is 1. The normalized spacial score (nSPS) is 24.6. The van der Waals surface area contributed by atoms with Gasteiger partial charge < -0.3 is 5.32 Å². The van der Waals surface area contributed by atoms with Gasteiger partial charge in [0.2, 0.25) is 0 Å². The van der Waals surface area contributed by atoms with Crippen LogP contribution in [0.1, 0.15) is 45.2 Å². The minimum Gasteiger partial charge on any atom is -0.311 e. The van der Waals surface area contributed by atoms with Crippen molar-refractivity contribution in [1.82, 2.24) is 15.2 Å². The number of piperazine rings is 1. The molecule has 1 aliphatic rings. The molecule has 1 fully saturated rings. The Labute approximate surface area is 123 Å². The maximum atomic E-state index is 4.33. The van der Waals surface area contributed by atoms with Crippen LogP contribution < -0.4 is 5.32 Å². The van der Waals surface area contributed by atoms with E-state index in [4.69, 9.17) is 0 Å². The molecule has 2 heterocycles. The van der Waals surface area contributed by atoms with Gasteiger partial charge in [0.1, 0.15) is 0 Å². The molecule has 0 aliphatic carbocycles. The topological polar surface area (TPSA) is 28.2 Å². The van der Waals surface area contributed by atoms with E-state index in [9.17, 15) is 0 Å². The third-order valence-electron chi connectivity index (χ3n) is 4.71. The zero-order chi connectivity index (χ0) is 14.8. The molecule has 1 aromatic rings. The van der Waals surface area contributed by atoms with E-state index < -0.39 is 0 Å². The number of nitrogens with zero attached hydrogens (tertiary/aromatic N) is 2. The zero-order valence-corrected chi connectivity index (χ0v) is 13.6. The Kier molecular flexibility index (Phi) is 4.82. The Morgan fingerprint density at radius 2 is 2.20 bits per heavy atom. The highest BCUT2D eigenvalue weighted by atomic mass is 15.3. The minimum absolute atomic E-state index is 0.202. The summed E-state index contributed by atoms with van der Waals surface area (Å²) in [6, 6.07) is 2.86. The Balaban J connectivity index is 2.10. The van der Waals surface area contributed by atoms with Crippen molar-refractivity contribution in [3.8, 4) is 0 Å². The Morgan fingerprint density at radius 1 is 1.45 bits per heavy atom. The highest BCUT2D eigenvalue weighted by Gasteiger charge is 2.35. The quantitative estimate of drug-likeness (QED) is 0.915. The number of hydrogen-bond acceptors (Lipinski definition) is 3. The number of rotatable bonds is 4. The predicted octanol–water partition coefficient (Wildman–Crippen LogP) is 2.99. The van der Waals surface area contributed by atoms with Gasteiger partial charge in [-0.3, -0.25) is 9.88 Å². The van der Waals surface area contributed by atoms with Crippen molar-refractivity contribution in [2.45, 2.75) is 59.2 Å². The van der Waals surface area contributed by atoms with E-state index in [1.54, 1.807) is 0 Å². The van der Waals surface area contributed by atoms with Crippen LogP contribution >= 0.6 is 0 Å². The van der Waals surface area contributed by atoms with Crippen molar-refractivity contribution in [3.05, 3.63) is 29.6 Å². The van der Waals surface area contributed by atoms with E-state index in [1.165, 1.54) is 17.5 Å². The summed E-state index contributed by atoms with van der Waals surface area (Å²) in [6.45, 7) is 14.6. The molecular weight excluding hydrogens is 246 g/mol. The fraction of sp³-hybridized carbons (Fsp3) is 0.706. The number of aromatic nitrogens is 1. The van der Waals surface area contributed by atoms with E-state index in [0.717, 1.165) is 25.6 Å². The molecule has 0 aromatic carbocycles. The molecule has 1 N–H and O–H groups in total. The Hall–Kier alpha value is -0.930. The van der Waals surface area contributed by atoms with Crippen molar-refractivity contribution in [2.24, 2.45) is 5.92 Å². The SMILES string of the molecule is CCC(C)C1CN(Cc2cncc(C)c2)C(C)(C)CN1. The molecule has 0 bridgehead atoms. The summed E-state index contributed by atoms with van der Waals surface area (Å²) >= 11 is 0. The molecule has 1 saturated heterocycles. The highest BCUT2D eigenvalue weighted by molar-refractivity contribution is 5.17. The molecular formula is C17H29N3. The standard InChI is InChI=1S/C17H29N3/c1-6-14(3)16-11-20(17(4,5)12-19-16)10-15-7-13(2)8-18-9-15/h7-9,14,16,19H,6,10-12H2,1-5H3. The second-order valence-corrected chi connectivity index (χ2v) is 6.94. The summed E-state index contributed by atoms with van der Waals surface area (Å²) in [5, 5.41) is 3.73. The lowest BCUT2D eigenvalue weighted by Crippen LogP contribution is -2.62. The number of nitrogens with one attached hydrogen (secondary N) is 1. The maximum Gasteiger partial charge on any atom is 0.0313 e. The van der Waals surface area contributed by atoms with E-state index in [1.807, 2.05) is 12.4 Å². The number of hydrogen-bond donors (Lipinski definition) is 1.